The van der Waals surface area contributed by atoms with Crippen molar-refractivity contribution in [2.75, 3.05) is 32.1 Å². The molecule has 0 aliphatic carbocycles. The molecule has 3 aromatic rings. The molecule has 2 heterocycles. The highest BCUT2D eigenvalue weighted by atomic mass is 16.4. The van der Waals surface area contributed by atoms with E-state index in [1.165, 1.54) is 0 Å². The summed E-state index contributed by atoms with van der Waals surface area (Å²) in [5, 5.41) is 8.44. The first-order valence-electron chi connectivity index (χ1n) is 9.57. The van der Waals surface area contributed by atoms with E-state index >= 15 is 0 Å². The number of anilines is 1. The zero-order valence-corrected chi connectivity index (χ0v) is 16.2. The Kier molecular flexibility index (Phi) is 5.10. The van der Waals surface area contributed by atoms with Crippen molar-refractivity contribution in [2.45, 2.75) is 18.8 Å². The Morgan fingerprint density at radius 2 is 1.82 bits per heavy atom. The van der Waals surface area contributed by atoms with Crippen LogP contribution in [0.4, 0.5) is 5.69 Å². The Morgan fingerprint density at radius 3 is 2.54 bits per heavy atom. The van der Waals surface area contributed by atoms with E-state index in [4.69, 9.17) is 4.42 Å². The predicted octanol–water partition coefficient (Wildman–Crippen LogP) is 3.82. The molecule has 1 saturated heterocycles. The summed E-state index contributed by atoms with van der Waals surface area (Å²) in [5.41, 5.74) is 2.69. The molecule has 6 nitrogen and oxygen atoms in total. The van der Waals surface area contributed by atoms with Gasteiger partial charge in [0.05, 0.1) is 5.92 Å². The number of benzene rings is 2. The number of hydrogen-bond donors (Lipinski definition) is 0. The lowest BCUT2D eigenvalue weighted by Gasteiger charge is -2.31. The highest BCUT2D eigenvalue weighted by Gasteiger charge is 2.29. The molecular formula is C22H24N4O2. The Balaban J connectivity index is 1.47. The zero-order valence-electron chi connectivity index (χ0n) is 16.2. The second-order valence-electron chi connectivity index (χ2n) is 7.34. The van der Waals surface area contributed by atoms with Gasteiger partial charge in [-0.3, -0.25) is 4.79 Å². The van der Waals surface area contributed by atoms with E-state index in [1.54, 1.807) is 0 Å². The molecule has 4 rings (SSSR count). The van der Waals surface area contributed by atoms with Gasteiger partial charge >= 0.3 is 0 Å². The lowest BCUT2D eigenvalue weighted by molar-refractivity contribution is 0.0698. The van der Waals surface area contributed by atoms with E-state index < -0.39 is 0 Å². The zero-order chi connectivity index (χ0) is 19.5. The minimum Gasteiger partial charge on any atom is -0.420 e. The summed E-state index contributed by atoms with van der Waals surface area (Å²) < 4.78 is 5.92. The van der Waals surface area contributed by atoms with Gasteiger partial charge in [0, 0.05) is 44.0 Å². The number of piperidine rings is 1. The molecule has 1 unspecified atom stereocenters. The second kappa shape index (κ2) is 7.84. The second-order valence-corrected chi connectivity index (χ2v) is 7.34. The first-order chi connectivity index (χ1) is 13.6. The van der Waals surface area contributed by atoms with Crippen molar-refractivity contribution in [3.05, 3.63) is 66.1 Å². The van der Waals surface area contributed by atoms with E-state index in [0.29, 0.717) is 23.9 Å². The van der Waals surface area contributed by atoms with Crippen LogP contribution in [0.1, 0.15) is 35.0 Å². The first kappa shape index (κ1) is 18.2. The highest BCUT2D eigenvalue weighted by Crippen LogP contribution is 2.29. The maximum absolute atomic E-state index is 12.9. The van der Waals surface area contributed by atoms with Crippen molar-refractivity contribution in [3.63, 3.8) is 0 Å². The molecule has 144 valence electrons. The summed E-state index contributed by atoms with van der Waals surface area (Å²) in [6, 6.07) is 17.5. The number of amides is 1. The summed E-state index contributed by atoms with van der Waals surface area (Å²) in [5.74, 6) is 1.26. The number of rotatable bonds is 4. The Morgan fingerprint density at radius 1 is 1.07 bits per heavy atom. The predicted molar refractivity (Wildman–Crippen MR) is 108 cm³/mol. The van der Waals surface area contributed by atoms with Gasteiger partial charge in [-0.25, -0.2) is 0 Å². The maximum atomic E-state index is 12.9. The molecule has 0 N–H and O–H groups in total. The molecule has 0 bridgehead atoms. The van der Waals surface area contributed by atoms with Gasteiger partial charge in [0.2, 0.25) is 11.8 Å². The van der Waals surface area contributed by atoms with E-state index in [2.05, 4.69) is 10.2 Å². The third-order valence-electron chi connectivity index (χ3n) is 5.15. The van der Waals surface area contributed by atoms with Crippen LogP contribution in [0.15, 0.2) is 59.0 Å². The summed E-state index contributed by atoms with van der Waals surface area (Å²) in [6.45, 7) is 1.36. The van der Waals surface area contributed by atoms with Crippen LogP contribution in [0, 0.1) is 0 Å². The molecule has 1 aliphatic rings. The van der Waals surface area contributed by atoms with Gasteiger partial charge < -0.3 is 14.2 Å². The molecule has 0 spiro atoms. The SMILES string of the molecule is CN(C)c1ccc(C(=O)N2CCCC(c3nnc(-c4ccccc4)o3)C2)cc1. The van der Waals surface area contributed by atoms with Gasteiger partial charge in [0.1, 0.15) is 0 Å². The molecule has 2 aromatic carbocycles. The van der Waals surface area contributed by atoms with Crippen molar-refractivity contribution in [1.29, 1.82) is 0 Å². The van der Waals surface area contributed by atoms with Crippen LogP contribution in [-0.4, -0.2) is 48.2 Å². The average molecular weight is 376 g/mol. The molecule has 1 atom stereocenters. The van der Waals surface area contributed by atoms with E-state index in [-0.39, 0.29) is 11.8 Å². The molecule has 1 aromatic heterocycles. The largest absolute Gasteiger partial charge is 0.420 e. The standard InChI is InChI=1S/C22H24N4O2/c1-25(2)19-12-10-17(11-13-19)22(27)26-14-6-9-18(15-26)21-24-23-20(28-21)16-7-4-3-5-8-16/h3-5,7-8,10-13,18H,6,9,14-15H2,1-2H3. The molecule has 6 heteroatoms. The summed E-state index contributed by atoms with van der Waals surface area (Å²) in [4.78, 5) is 16.8. The van der Waals surface area contributed by atoms with Crippen LogP contribution in [0.3, 0.4) is 0 Å². The van der Waals surface area contributed by atoms with Crippen LogP contribution >= 0.6 is 0 Å². The smallest absolute Gasteiger partial charge is 0.253 e. The van der Waals surface area contributed by atoms with Crippen LogP contribution < -0.4 is 4.90 Å². The first-order valence-corrected chi connectivity index (χ1v) is 9.57. The molecule has 0 radical (unpaired) electrons. The number of hydrogen-bond acceptors (Lipinski definition) is 5. The lowest BCUT2D eigenvalue weighted by atomic mass is 9.97. The Labute approximate surface area is 164 Å². The topological polar surface area (TPSA) is 62.5 Å². The van der Waals surface area contributed by atoms with Crippen molar-refractivity contribution >= 4 is 11.6 Å². The summed E-state index contributed by atoms with van der Waals surface area (Å²) in [7, 11) is 3.97. The van der Waals surface area contributed by atoms with Crippen molar-refractivity contribution in [2.24, 2.45) is 0 Å². The molecule has 28 heavy (non-hydrogen) atoms. The molecule has 1 fully saturated rings. The van der Waals surface area contributed by atoms with Crippen molar-refractivity contribution in [1.82, 2.24) is 15.1 Å². The molecular weight excluding hydrogens is 352 g/mol. The van der Waals surface area contributed by atoms with Gasteiger partial charge in [-0.15, -0.1) is 10.2 Å². The number of carbonyl (C=O) groups is 1. The van der Waals surface area contributed by atoms with Gasteiger partial charge in [0.15, 0.2) is 0 Å². The quantitative estimate of drug-likeness (QED) is 0.693. The molecule has 1 aliphatic heterocycles. The van der Waals surface area contributed by atoms with Crippen molar-refractivity contribution in [3.8, 4) is 11.5 Å². The number of carbonyl (C=O) groups excluding carboxylic acids is 1. The minimum absolute atomic E-state index is 0.0535. The van der Waals surface area contributed by atoms with Gasteiger partial charge in [0.25, 0.3) is 5.91 Å². The Bertz CT molecular complexity index is 935. The fourth-order valence-electron chi connectivity index (χ4n) is 3.54. The molecule has 0 saturated carbocycles. The number of likely N-dealkylation sites (tertiary alicyclic amines) is 1. The number of aromatic nitrogens is 2. The average Bonchev–Trinajstić information content (AvgIpc) is 3.24. The lowest BCUT2D eigenvalue weighted by Crippen LogP contribution is -2.39. The van der Waals surface area contributed by atoms with E-state index in [9.17, 15) is 4.79 Å². The number of nitrogens with zero attached hydrogens (tertiary/aromatic N) is 4. The maximum Gasteiger partial charge on any atom is 0.253 e. The van der Waals surface area contributed by atoms with Gasteiger partial charge in [-0.1, -0.05) is 18.2 Å². The third kappa shape index (κ3) is 3.76. The fraction of sp³-hybridized carbons (Fsp3) is 0.318. The highest BCUT2D eigenvalue weighted by molar-refractivity contribution is 5.94. The minimum atomic E-state index is 0.0535. The fourth-order valence-corrected chi connectivity index (χ4v) is 3.54. The van der Waals surface area contributed by atoms with Gasteiger partial charge in [-0.2, -0.15) is 0 Å². The van der Waals surface area contributed by atoms with E-state index in [1.807, 2.05) is 78.5 Å². The van der Waals surface area contributed by atoms with E-state index in [0.717, 1.165) is 30.6 Å². The monoisotopic (exact) mass is 376 g/mol. The third-order valence-corrected chi connectivity index (χ3v) is 5.15. The van der Waals surface area contributed by atoms with Crippen LogP contribution in [0.5, 0.6) is 0 Å². The van der Waals surface area contributed by atoms with Crippen molar-refractivity contribution < 1.29 is 9.21 Å². The summed E-state index contributed by atoms with van der Waals surface area (Å²) >= 11 is 0. The van der Waals surface area contributed by atoms with Crippen LogP contribution in [0.2, 0.25) is 0 Å². The van der Waals surface area contributed by atoms with Crippen LogP contribution in [0.25, 0.3) is 11.5 Å². The summed E-state index contributed by atoms with van der Waals surface area (Å²) in [6.07, 6.45) is 1.87. The van der Waals surface area contributed by atoms with Gasteiger partial charge in [-0.05, 0) is 49.2 Å². The molecule has 1 amide bonds. The Hall–Kier alpha value is -3.15. The van der Waals surface area contributed by atoms with Crippen LogP contribution in [-0.2, 0) is 0 Å². The normalized spacial score (nSPS) is 16.8.